The van der Waals surface area contributed by atoms with Gasteiger partial charge in [-0.15, -0.1) is 0 Å². The van der Waals surface area contributed by atoms with Crippen molar-refractivity contribution < 1.29 is 23.5 Å². The zero-order valence-electron chi connectivity index (χ0n) is 14.5. The van der Waals surface area contributed by atoms with Crippen LogP contribution in [0, 0.1) is 11.3 Å². The molecule has 0 saturated carbocycles. The molecule has 0 unspecified atom stereocenters. The molecule has 7 nitrogen and oxygen atoms in total. The number of hydrogen-bond donors (Lipinski definition) is 0. The fourth-order valence-corrected chi connectivity index (χ4v) is 3.48. The Labute approximate surface area is 159 Å². The number of hydrogen-bond acceptors (Lipinski definition) is 7. The minimum absolute atomic E-state index is 0.144. The van der Waals surface area contributed by atoms with E-state index in [4.69, 9.17) is 4.42 Å². The zero-order valence-corrected chi connectivity index (χ0v) is 15.3. The molecule has 1 fully saturated rings. The van der Waals surface area contributed by atoms with Crippen molar-refractivity contribution >= 4 is 35.0 Å². The van der Waals surface area contributed by atoms with Crippen molar-refractivity contribution in [1.29, 1.82) is 5.26 Å². The first-order valence-electron chi connectivity index (χ1n) is 7.90. The highest BCUT2D eigenvalue weighted by atomic mass is 32.2. The van der Waals surface area contributed by atoms with E-state index >= 15 is 0 Å². The quantitative estimate of drug-likeness (QED) is 0.590. The summed E-state index contributed by atoms with van der Waals surface area (Å²) in [7, 11) is 1.19. The second-order valence-corrected chi connectivity index (χ2v) is 6.60. The first kappa shape index (κ1) is 18.5. The average molecular weight is 382 g/mol. The van der Waals surface area contributed by atoms with Crippen LogP contribution < -0.4 is 0 Å². The maximum absolute atomic E-state index is 12.5. The number of furan rings is 1. The summed E-state index contributed by atoms with van der Waals surface area (Å²) in [6, 6.07) is 11.4. The van der Waals surface area contributed by atoms with Gasteiger partial charge in [0.05, 0.1) is 23.6 Å². The number of nitrogens with zero attached hydrogens (tertiary/aromatic N) is 2. The van der Waals surface area contributed by atoms with Crippen LogP contribution in [-0.2, 0) is 14.3 Å². The summed E-state index contributed by atoms with van der Waals surface area (Å²) >= 11 is 0.724. The Kier molecular flexibility index (Phi) is 5.14. The number of carbonyl (C=O) groups is 3. The Morgan fingerprint density at radius 2 is 2.04 bits per heavy atom. The van der Waals surface area contributed by atoms with Crippen molar-refractivity contribution in [1.82, 2.24) is 4.90 Å². The van der Waals surface area contributed by atoms with Gasteiger partial charge in [-0.05, 0) is 43.0 Å². The minimum Gasteiger partial charge on any atom is -0.467 e. The van der Waals surface area contributed by atoms with Gasteiger partial charge in [-0.2, -0.15) is 5.26 Å². The summed E-state index contributed by atoms with van der Waals surface area (Å²) in [5, 5.41) is 8.64. The Morgan fingerprint density at radius 1 is 1.30 bits per heavy atom. The van der Waals surface area contributed by atoms with E-state index in [2.05, 4.69) is 10.8 Å². The van der Waals surface area contributed by atoms with Crippen LogP contribution in [-0.4, -0.2) is 35.2 Å². The Balaban J connectivity index is 1.87. The standard InChI is InChI=1S/C19H14N2O5S/c1-11(18(23)25-2)21-17(22)16(27-19(21)24)9-13-7-8-15(26-13)14-6-4-3-5-12(14)10-20/h3-9,11H,1-2H3/b16-9+/t11-/m1/s1. The van der Waals surface area contributed by atoms with Crippen LogP contribution in [0.15, 0.2) is 45.7 Å². The molecule has 1 aliphatic heterocycles. The minimum atomic E-state index is -1.01. The van der Waals surface area contributed by atoms with E-state index in [1.165, 1.54) is 20.1 Å². The summed E-state index contributed by atoms with van der Waals surface area (Å²) in [4.78, 5) is 37.2. The van der Waals surface area contributed by atoms with E-state index in [0.29, 0.717) is 22.6 Å². The molecule has 8 heteroatoms. The third kappa shape index (κ3) is 3.50. The lowest BCUT2D eigenvalue weighted by Crippen LogP contribution is -2.42. The lowest BCUT2D eigenvalue weighted by atomic mass is 10.1. The lowest BCUT2D eigenvalue weighted by molar-refractivity contribution is -0.148. The van der Waals surface area contributed by atoms with Gasteiger partial charge in [-0.1, -0.05) is 12.1 Å². The average Bonchev–Trinajstić information content (AvgIpc) is 3.25. The molecule has 0 bridgehead atoms. The number of ether oxygens (including phenoxy) is 1. The van der Waals surface area contributed by atoms with E-state index < -0.39 is 23.2 Å². The molecule has 2 heterocycles. The first-order valence-corrected chi connectivity index (χ1v) is 8.72. The third-order valence-electron chi connectivity index (χ3n) is 3.97. The monoisotopic (exact) mass is 382 g/mol. The Bertz CT molecular complexity index is 1000. The number of thioether (sulfide) groups is 1. The highest BCUT2D eigenvalue weighted by Gasteiger charge is 2.41. The molecule has 1 atom stereocenters. The molecule has 3 rings (SSSR count). The van der Waals surface area contributed by atoms with Gasteiger partial charge in [0.1, 0.15) is 17.6 Å². The van der Waals surface area contributed by atoms with E-state index in [0.717, 1.165) is 16.7 Å². The molecule has 2 amide bonds. The molecule has 0 aliphatic carbocycles. The lowest BCUT2D eigenvalue weighted by Gasteiger charge is -2.18. The summed E-state index contributed by atoms with van der Waals surface area (Å²) in [6.07, 6.45) is 1.44. The van der Waals surface area contributed by atoms with Crippen LogP contribution in [0.25, 0.3) is 17.4 Å². The topological polar surface area (TPSA) is 101 Å². The number of methoxy groups -OCH3 is 1. The summed E-state index contributed by atoms with van der Waals surface area (Å²) in [5.41, 5.74) is 1.10. The van der Waals surface area contributed by atoms with E-state index in [9.17, 15) is 19.6 Å². The van der Waals surface area contributed by atoms with Crippen LogP contribution in [0.3, 0.4) is 0 Å². The Hall–Kier alpha value is -3.31. The molecule has 1 aromatic heterocycles. The van der Waals surface area contributed by atoms with Crippen LogP contribution in [0.2, 0.25) is 0 Å². The molecule has 1 aromatic carbocycles. The van der Waals surface area contributed by atoms with Crippen LogP contribution in [0.1, 0.15) is 18.2 Å². The molecule has 0 spiro atoms. The molecule has 0 radical (unpaired) electrons. The van der Waals surface area contributed by atoms with Gasteiger partial charge in [0.25, 0.3) is 11.1 Å². The highest BCUT2D eigenvalue weighted by molar-refractivity contribution is 8.18. The van der Waals surface area contributed by atoms with E-state index in [1.807, 2.05) is 0 Å². The number of esters is 1. The maximum Gasteiger partial charge on any atom is 0.328 e. The molecule has 1 aliphatic rings. The molecule has 2 aromatic rings. The Morgan fingerprint density at radius 3 is 2.74 bits per heavy atom. The largest absolute Gasteiger partial charge is 0.467 e. The van der Waals surface area contributed by atoms with Crippen LogP contribution in [0.5, 0.6) is 0 Å². The zero-order chi connectivity index (χ0) is 19.6. The SMILES string of the molecule is COC(=O)[C@@H](C)N1C(=O)S/C(=C/c2ccc(-c3ccccc3C#N)o2)C1=O. The third-order valence-corrected chi connectivity index (χ3v) is 4.85. The second-order valence-electron chi connectivity index (χ2n) is 5.61. The summed E-state index contributed by atoms with van der Waals surface area (Å²) in [5.74, 6) is -0.431. The highest BCUT2D eigenvalue weighted by Crippen LogP contribution is 2.35. The maximum atomic E-state index is 12.5. The molecule has 0 N–H and O–H groups in total. The van der Waals surface area contributed by atoms with Crippen molar-refractivity contribution in [2.24, 2.45) is 0 Å². The van der Waals surface area contributed by atoms with Gasteiger partial charge in [0, 0.05) is 11.6 Å². The molecule has 1 saturated heterocycles. The van der Waals surface area contributed by atoms with Crippen molar-refractivity contribution in [3.63, 3.8) is 0 Å². The van der Waals surface area contributed by atoms with Crippen LogP contribution >= 0.6 is 11.8 Å². The van der Waals surface area contributed by atoms with Gasteiger partial charge in [-0.25, -0.2) is 4.79 Å². The fraction of sp³-hybridized carbons (Fsp3) is 0.158. The number of rotatable bonds is 4. The number of imide groups is 1. The van der Waals surface area contributed by atoms with E-state index in [1.54, 1.807) is 36.4 Å². The van der Waals surface area contributed by atoms with Crippen molar-refractivity contribution in [2.45, 2.75) is 13.0 Å². The summed E-state index contributed by atoms with van der Waals surface area (Å²) in [6.45, 7) is 1.43. The van der Waals surface area contributed by atoms with Crippen molar-refractivity contribution in [3.8, 4) is 17.4 Å². The van der Waals surface area contributed by atoms with Gasteiger partial charge in [-0.3, -0.25) is 14.5 Å². The van der Waals surface area contributed by atoms with E-state index in [-0.39, 0.29) is 4.91 Å². The van der Waals surface area contributed by atoms with Crippen molar-refractivity contribution in [3.05, 3.63) is 52.6 Å². The number of carbonyl (C=O) groups excluding carboxylic acids is 3. The first-order chi connectivity index (χ1) is 13.0. The smallest absolute Gasteiger partial charge is 0.328 e. The predicted molar refractivity (Wildman–Crippen MR) is 98.1 cm³/mol. The number of amides is 2. The normalized spacial score (nSPS) is 16.5. The van der Waals surface area contributed by atoms with Gasteiger partial charge in [0.2, 0.25) is 0 Å². The number of benzene rings is 1. The van der Waals surface area contributed by atoms with Crippen molar-refractivity contribution in [2.75, 3.05) is 7.11 Å². The molecular weight excluding hydrogens is 368 g/mol. The van der Waals surface area contributed by atoms with Gasteiger partial charge >= 0.3 is 5.97 Å². The second kappa shape index (κ2) is 7.51. The number of nitriles is 1. The van der Waals surface area contributed by atoms with Gasteiger partial charge in [0.15, 0.2) is 0 Å². The predicted octanol–water partition coefficient (Wildman–Crippen LogP) is 3.42. The molecular formula is C19H14N2O5S. The van der Waals surface area contributed by atoms with Gasteiger partial charge < -0.3 is 9.15 Å². The fourth-order valence-electron chi connectivity index (χ4n) is 2.59. The van der Waals surface area contributed by atoms with Crippen LogP contribution in [0.4, 0.5) is 4.79 Å². The molecule has 27 heavy (non-hydrogen) atoms. The molecule has 136 valence electrons. The summed E-state index contributed by atoms with van der Waals surface area (Å²) < 4.78 is 10.3.